The molecule has 1 amide bonds. The summed E-state index contributed by atoms with van der Waals surface area (Å²) in [6.07, 6.45) is 5.97. The van der Waals surface area contributed by atoms with Crippen LogP contribution in [0.4, 0.5) is 0 Å². The number of imidazole rings is 1. The second-order valence-corrected chi connectivity index (χ2v) is 7.40. The molecule has 1 fully saturated rings. The third kappa shape index (κ3) is 3.79. The van der Waals surface area contributed by atoms with Crippen molar-refractivity contribution in [3.05, 3.63) is 59.7 Å². The molecule has 1 saturated heterocycles. The molecule has 0 bridgehead atoms. The largest absolute Gasteiger partial charge is 0.341 e. The van der Waals surface area contributed by atoms with Crippen LogP contribution in [0.15, 0.2) is 42.7 Å². The number of benzene rings is 1. The second kappa shape index (κ2) is 7.39. The lowest BCUT2D eigenvalue weighted by Crippen LogP contribution is -2.39. The van der Waals surface area contributed by atoms with Gasteiger partial charge in [0.15, 0.2) is 0 Å². The van der Waals surface area contributed by atoms with Crippen LogP contribution in [0.3, 0.4) is 0 Å². The van der Waals surface area contributed by atoms with Crippen LogP contribution >= 0.6 is 0 Å². The molecule has 0 saturated carbocycles. The van der Waals surface area contributed by atoms with Crippen molar-refractivity contribution in [2.24, 2.45) is 5.92 Å². The molecular formula is C21H25N5O. The Morgan fingerprint density at radius 3 is 2.59 bits per heavy atom. The first-order valence-corrected chi connectivity index (χ1v) is 9.50. The number of piperidine rings is 1. The van der Waals surface area contributed by atoms with Gasteiger partial charge in [-0.1, -0.05) is 30.3 Å². The van der Waals surface area contributed by atoms with E-state index in [-0.39, 0.29) is 5.91 Å². The number of hydrogen-bond donors (Lipinski definition) is 1. The van der Waals surface area contributed by atoms with E-state index in [1.807, 2.05) is 53.0 Å². The number of likely N-dealkylation sites (tertiary alicyclic amines) is 1. The van der Waals surface area contributed by atoms with Crippen LogP contribution in [0.25, 0.3) is 11.4 Å². The Balaban J connectivity index is 1.40. The number of H-pyrrole nitrogens is 1. The van der Waals surface area contributed by atoms with E-state index in [0.717, 1.165) is 49.6 Å². The Morgan fingerprint density at radius 2 is 1.93 bits per heavy atom. The maximum absolute atomic E-state index is 13.0. The minimum atomic E-state index is 0.0271. The Morgan fingerprint density at radius 1 is 1.19 bits per heavy atom. The third-order valence-corrected chi connectivity index (χ3v) is 5.24. The van der Waals surface area contributed by atoms with Crippen molar-refractivity contribution in [3.8, 4) is 11.4 Å². The Hall–Kier alpha value is -2.89. The fourth-order valence-electron chi connectivity index (χ4n) is 3.70. The number of rotatable bonds is 4. The van der Waals surface area contributed by atoms with E-state index in [1.165, 1.54) is 5.56 Å². The smallest absolute Gasteiger partial charge is 0.274 e. The number of amides is 1. The molecule has 27 heavy (non-hydrogen) atoms. The lowest BCUT2D eigenvalue weighted by Gasteiger charge is -2.31. The SMILES string of the molecule is Cc1cnn(CC2CCN(C(=O)c3nc(-c4ccccc4)[nH]c3C)CC2)c1. The molecule has 3 heterocycles. The highest BCUT2D eigenvalue weighted by molar-refractivity contribution is 5.94. The minimum absolute atomic E-state index is 0.0271. The molecular weight excluding hydrogens is 338 g/mol. The van der Waals surface area contributed by atoms with E-state index < -0.39 is 0 Å². The summed E-state index contributed by atoms with van der Waals surface area (Å²) in [5, 5.41) is 4.38. The van der Waals surface area contributed by atoms with Crippen molar-refractivity contribution >= 4 is 5.91 Å². The number of carbonyl (C=O) groups is 1. The van der Waals surface area contributed by atoms with Gasteiger partial charge in [0.1, 0.15) is 11.5 Å². The molecule has 1 N–H and O–H groups in total. The molecule has 140 valence electrons. The Bertz CT molecular complexity index is 919. The highest BCUT2D eigenvalue weighted by Crippen LogP contribution is 2.23. The van der Waals surface area contributed by atoms with Crippen LogP contribution in [0.2, 0.25) is 0 Å². The molecule has 1 aliphatic heterocycles. The monoisotopic (exact) mass is 363 g/mol. The number of carbonyl (C=O) groups excluding carboxylic acids is 1. The zero-order valence-electron chi connectivity index (χ0n) is 15.9. The predicted molar refractivity (Wildman–Crippen MR) is 104 cm³/mol. The van der Waals surface area contributed by atoms with Gasteiger partial charge in [0, 0.05) is 37.1 Å². The van der Waals surface area contributed by atoms with Gasteiger partial charge in [-0.15, -0.1) is 0 Å². The highest BCUT2D eigenvalue weighted by Gasteiger charge is 2.27. The maximum Gasteiger partial charge on any atom is 0.274 e. The third-order valence-electron chi connectivity index (χ3n) is 5.24. The number of nitrogens with zero attached hydrogens (tertiary/aromatic N) is 4. The molecule has 6 heteroatoms. The Labute approximate surface area is 159 Å². The van der Waals surface area contributed by atoms with Crippen molar-refractivity contribution in [2.45, 2.75) is 33.2 Å². The van der Waals surface area contributed by atoms with Crippen LogP contribution in [0.5, 0.6) is 0 Å². The molecule has 3 aromatic rings. The van der Waals surface area contributed by atoms with E-state index >= 15 is 0 Å². The summed E-state index contributed by atoms with van der Waals surface area (Å²) >= 11 is 0. The summed E-state index contributed by atoms with van der Waals surface area (Å²) in [5.74, 6) is 1.34. The first-order valence-electron chi connectivity index (χ1n) is 9.50. The molecule has 0 atom stereocenters. The number of aromatic amines is 1. The predicted octanol–water partition coefficient (Wildman–Crippen LogP) is 3.44. The van der Waals surface area contributed by atoms with Gasteiger partial charge in [-0.05, 0) is 38.2 Å². The molecule has 6 nitrogen and oxygen atoms in total. The van der Waals surface area contributed by atoms with E-state index in [0.29, 0.717) is 11.6 Å². The van der Waals surface area contributed by atoms with Gasteiger partial charge in [-0.25, -0.2) is 4.98 Å². The number of nitrogens with one attached hydrogen (secondary N) is 1. The summed E-state index contributed by atoms with van der Waals surface area (Å²) in [7, 11) is 0. The first-order chi connectivity index (χ1) is 13.1. The second-order valence-electron chi connectivity index (χ2n) is 7.40. The molecule has 0 unspecified atom stereocenters. The van der Waals surface area contributed by atoms with Crippen molar-refractivity contribution < 1.29 is 4.79 Å². The van der Waals surface area contributed by atoms with E-state index in [1.54, 1.807) is 0 Å². The minimum Gasteiger partial charge on any atom is -0.341 e. The molecule has 4 rings (SSSR count). The summed E-state index contributed by atoms with van der Waals surface area (Å²) in [5.41, 5.74) is 3.54. The normalized spacial score (nSPS) is 15.3. The fraction of sp³-hybridized carbons (Fsp3) is 0.381. The van der Waals surface area contributed by atoms with Crippen molar-refractivity contribution in [1.29, 1.82) is 0 Å². The maximum atomic E-state index is 13.0. The zero-order valence-corrected chi connectivity index (χ0v) is 15.9. The summed E-state index contributed by atoms with van der Waals surface area (Å²) in [4.78, 5) is 22.7. The fourth-order valence-corrected chi connectivity index (χ4v) is 3.70. The van der Waals surface area contributed by atoms with E-state index in [2.05, 4.69) is 28.2 Å². The molecule has 2 aromatic heterocycles. The summed E-state index contributed by atoms with van der Waals surface area (Å²) < 4.78 is 2.02. The molecule has 1 aliphatic rings. The van der Waals surface area contributed by atoms with Crippen molar-refractivity contribution in [3.63, 3.8) is 0 Å². The lowest BCUT2D eigenvalue weighted by atomic mass is 9.96. The molecule has 1 aromatic carbocycles. The molecule has 0 spiro atoms. The molecule has 0 radical (unpaired) electrons. The number of aryl methyl sites for hydroxylation is 2. The molecule has 0 aliphatic carbocycles. The van der Waals surface area contributed by atoms with Crippen LogP contribution in [0.1, 0.15) is 34.6 Å². The van der Waals surface area contributed by atoms with Gasteiger partial charge < -0.3 is 9.88 Å². The van der Waals surface area contributed by atoms with Crippen molar-refractivity contribution in [1.82, 2.24) is 24.6 Å². The van der Waals surface area contributed by atoms with Gasteiger partial charge >= 0.3 is 0 Å². The Kier molecular flexibility index (Phi) is 4.79. The lowest BCUT2D eigenvalue weighted by molar-refractivity contribution is 0.0675. The number of aromatic nitrogens is 4. The van der Waals surface area contributed by atoms with Crippen LogP contribution in [0, 0.1) is 19.8 Å². The average molecular weight is 363 g/mol. The van der Waals surface area contributed by atoms with Crippen molar-refractivity contribution in [2.75, 3.05) is 13.1 Å². The standard InChI is InChI=1S/C21H25N5O/c1-15-12-22-26(13-15)14-17-8-10-25(11-9-17)21(27)19-16(2)23-20(24-19)18-6-4-3-5-7-18/h3-7,12-13,17H,8-11,14H2,1-2H3,(H,23,24). The quantitative estimate of drug-likeness (QED) is 0.772. The highest BCUT2D eigenvalue weighted by atomic mass is 16.2. The van der Waals surface area contributed by atoms with Gasteiger partial charge in [0.2, 0.25) is 0 Å². The van der Waals surface area contributed by atoms with Gasteiger partial charge in [0.25, 0.3) is 5.91 Å². The average Bonchev–Trinajstić information content (AvgIpc) is 3.28. The van der Waals surface area contributed by atoms with Crippen LogP contribution in [-0.4, -0.2) is 43.6 Å². The topological polar surface area (TPSA) is 66.8 Å². The van der Waals surface area contributed by atoms with Crippen LogP contribution < -0.4 is 0 Å². The van der Waals surface area contributed by atoms with E-state index in [4.69, 9.17) is 0 Å². The van der Waals surface area contributed by atoms with Gasteiger partial charge in [-0.3, -0.25) is 9.48 Å². The zero-order chi connectivity index (χ0) is 18.8. The summed E-state index contributed by atoms with van der Waals surface area (Å²) in [6, 6.07) is 9.91. The summed E-state index contributed by atoms with van der Waals surface area (Å²) in [6.45, 7) is 6.45. The first kappa shape index (κ1) is 17.5. The van der Waals surface area contributed by atoms with Gasteiger partial charge in [0.05, 0.1) is 6.20 Å². The van der Waals surface area contributed by atoms with Gasteiger partial charge in [-0.2, -0.15) is 5.10 Å². The number of hydrogen-bond acceptors (Lipinski definition) is 3. The van der Waals surface area contributed by atoms with Crippen LogP contribution in [-0.2, 0) is 6.54 Å². The van der Waals surface area contributed by atoms with E-state index in [9.17, 15) is 4.79 Å².